The van der Waals surface area contributed by atoms with E-state index in [0.29, 0.717) is 5.41 Å². The van der Waals surface area contributed by atoms with E-state index >= 15 is 0 Å². The Bertz CT molecular complexity index is 280. The van der Waals surface area contributed by atoms with Gasteiger partial charge in [-0.25, -0.2) is 0 Å². The van der Waals surface area contributed by atoms with Crippen molar-refractivity contribution >= 4 is 0 Å². The summed E-state index contributed by atoms with van der Waals surface area (Å²) >= 11 is 0. The molecule has 2 nitrogen and oxygen atoms in total. The molecule has 0 heterocycles. The van der Waals surface area contributed by atoms with Gasteiger partial charge < -0.3 is 9.64 Å². The maximum atomic E-state index is 5.69. The predicted molar refractivity (Wildman–Crippen MR) is 57.9 cm³/mol. The molecule has 2 rings (SSSR count). The van der Waals surface area contributed by atoms with E-state index in [4.69, 9.17) is 4.74 Å². The lowest BCUT2D eigenvalue weighted by atomic mass is 10.0. The first kappa shape index (κ1) is 9.78. The third-order valence-electron chi connectivity index (χ3n) is 3.12. The SMILES string of the molecule is CN(C)CCOC1=CC2(C)CC2C=C1. The summed E-state index contributed by atoms with van der Waals surface area (Å²) < 4.78 is 5.69. The Hall–Kier alpha value is -0.760. The fourth-order valence-electron chi connectivity index (χ4n) is 1.89. The van der Waals surface area contributed by atoms with Crippen LogP contribution in [0.25, 0.3) is 0 Å². The summed E-state index contributed by atoms with van der Waals surface area (Å²) in [5.74, 6) is 1.84. The zero-order chi connectivity index (χ0) is 10.2. The molecule has 14 heavy (non-hydrogen) atoms. The quantitative estimate of drug-likeness (QED) is 0.677. The highest BCUT2D eigenvalue weighted by Crippen LogP contribution is 2.56. The van der Waals surface area contributed by atoms with Crippen molar-refractivity contribution in [3.05, 3.63) is 24.0 Å². The highest BCUT2D eigenvalue weighted by molar-refractivity contribution is 5.31. The summed E-state index contributed by atoms with van der Waals surface area (Å²) in [4.78, 5) is 2.13. The maximum absolute atomic E-state index is 5.69. The average Bonchev–Trinajstić information content (AvgIpc) is 2.74. The molecule has 2 aliphatic carbocycles. The molecule has 2 aliphatic rings. The van der Waals surface area contributed by atoms with Gasteiger partial charge in [0.05, 0.1) is 0 Å². The first-order valence-electron chi connectivity index (χ1n) is 5.29. The number of ether oxygens (including phenoxy) is 1. The van der Waals surface area contributed by atoms with Crippen LogP contribution in [0.3, 0.4) is 0 Å². The highest BCUT2D eigenvalue weighted by atomic mass is 16.5. The van der Waals surface area contributed by atoms with Crippen LogP contribution in [0.5, 0.6) is 0 Å². The smallest absolute Gasteiger partial charge is 0.115 e. The van der Waals surface area contributed by atoms with Crippen LogP contribution in [0.2, 0.25) is 0 Å². The summed E-state index contributed by atoms with van der Waals surface area (Å²) in [6, 6.07) is 0. The van der Waals surface area contributed by atoms with Crippen molar-refractivity contribution in [1.82, 2.24) is 4.90 Å². The van der Waals surface area contributed by atoms with Crippen LogP contribution in [0.4, 0.5) is 0 Å². The minimum Gasteiger partial charge on any atom is -0.493 e. The Morgan fingerprint density at radius 1 is 1.57 bits per heavy atom. The van der Waals surface area contributed by atoms with Crippen LogP contribution < -0.4 is 0 Å². The third kappa shape index (κ3) is 2.01. The molecule has 0 aromatic rings. The van der Waals surface area contributed by atoms with E-state index < -0.39 is 0 Å². The van der Waals surface area contributed by atoms with Crippen LogP contribution in [-0.2, 0) is 4.74 Å². The van der Waals surface area contributed by atoms with Crippen molar-refractivity contribution in [3.8, 4) is 0 Å². The minimum atomic E-state index is 0.419. The van der Waals surface area contributed by atoms with Gasteiger partial charge in [-0.15, -0.1) is 0 Å². The lowest BCUT2D eigenvalue weighted by Gasteiger charge is -2.15. The molecule has 2 atom stereocenters. The molecule has 0 aromatic carbocycles. The molecule has 2 unspecified atom stereocenters. The Morgan fingerprint density at radius 3 is 3.00 bits per heavy atom. The van der Waals surface area contributed by atoms with Crippen LogP contribution in [0, 0.1) is 11.3 Å². The first-order chi connectivity index (χ1) is 6.60. The van der Waals surface area contributed by atoms with Crippen molar-refractivity contribution in [2.24, 2.45) is 11.3 Å². The molecule has 0 aromatic heterocycles. The lowest BCUT2D eigenvalue weighted by Crippen LogP contribution is -2.18. The van der Waals surface area contributed by atoms with E-state index in [1.54, 1.807) is 0 Å². The van der Waals surface area contributed by atoms with E-state index in [0.717, 1.165) is 24.8 Å². The minimum absolute atomic E-state index is 0.419. The second-order valence-electron chi connectivity index (χ2n) is 4.87. The number of hydrogen-bond donors (Lipinski definition) is 0. The molecule has 78 valence electrons. The van der Waals surface area contributed by atoms with Gasteiger partial charge >= 0.3 is 0 Å². The van der Waals surface area contributed by atoms with E-state index in [-0.39, 0.29) is 0 Å². The standard InChI is InChI=1S/C12H19NO/c1-12-8-10(12)4-5-11(9-12)14-7-6-13(2)3/h4-5,9-10H,6-8H2,1-3H3. The molecule has 0 aliphatic heterocycles. The molecule has 2 heteroatoms. The van der Waals surface area contributed by atoms with Gasteiger partial charge in [0.15, 0.2) is 0 Å². The van der Waals surface area contributed by atoms with E-state index in [1.807, 2.05) is 0 Å². The number of allylic oxidation sites excluding steroid dienone is 3. The molecular formula is C12H19NO. The van der Waals surface area contributed by atoms with Crippen LogP contribution in [0.15, 0.2) is 24.0 Å². The third-order valence-corrected chi connectivity index (χ3v) is 3.12. The second-order valence-corrected chi connectivity index (χ2v) is 4.87. The van der Waals surface area contributed by atoms with Gasteiger partial charge in [0.1, 0.15) is 12.4 Å². The molecule has 0 amide bonds. The average molecular weight is 193 g/mol. The van der Waals surface area contributed by atoms with Crippen molar-refractivity contribution in [1.29, 1.82) is 0 Å². The Kier molecular flexibility index (Phi) is 2.40. The molecule has 0 N–H and O–H groups in total. The largest absolute Gasteiger partial charge is 0.493 e. The summed E-state index contributed by atoms with van der Waals surface area (Å²) in [7, 11) is 4.12. The number of rotatable bonds is 4. The molecule has 0 saturated heterocycles. The maximum Gasteiger partial charge on any atom is 0.115 e. The monoisotopic (exact) mass is 193 g/mol. The van der Waals surface area contributed by atoms with Gasteiger partial charge in [-0.05, 0) is 44.0 Å². The molecule has 0 bridgehead atoms. The predicted octanol–water partition coefficient (Wildman–Crippen LogP) is 2.04. The van der Waals surface area contributed by atoms with Crippen LogP contribution in [0.1, 0.15) is 13.3 Å². The van der Waals surface area contributed by atoms with E-state index in [9.17, 15) is 0 Å². The van der Waals surface area contributed by atoms with Crippen molar-refractivity contribution < 1.29 is 4.74 Å². The normalized spacial score (nSPS) is 34.0. The summed E-state index contributed by atoms with van der Waals surface area (Å²) in [5.41, 5.74) is 0.419. The Balaban J connectivity index is 1.81. The molecule has 1 saturated carbocycles. The van der Waals surface area contributed by atoms with Crippen molar-refractivity contribution in [3.63, 3.8) is 0 Å². The van der Waals surface area contributed by atoms with Crippen LogP contribution in [-0.4, -0.2) is 32.1 Å². The molecular weight excluding hydrogens is 174 g/mol. The number of nitrogens with zero attached hydrogens (tertiary/aromatic N) is 1. The van der Waals surface area contributed by atoms with Crippen LogP contribution >= 0.6 is 0 Å². The van der Waals surface area contributed by atoms with Gasteiger partial charge in [0.2, 0.25) is 0 Å². The molecule has 0 spiro atoms. The fraction of sp³-hybridized carbons (Fsp3) is 0.667. The topological polar surface area (TPSA) is 12.5 Å². The van der Waals surface area contributed by atoms with Gasteiger partial charge in [0, 0.05) is 6.54 Å². The second kappa shape index (κ2) is 3.43. The summed E-state index contributed by atoms with van der Waals surface area (Å²) in [6.45, 7) is 4.06. The Labute approximate surface area is 86.2 Å². The zero-order valence-electron chi connectivity index (χ0n) is 9.29. The van der Waals surface area contributed by atoms with Gasteiger partial charge in [-0.1, -0.05) is 13.0 Å². The van der Waals surface area contributed by atoms with E-state index in [2.05, 4.69) is 44.1 Å². The van der Waals surface area contributed by atoms with Gasteiger partial charge in [-0.3, -0.25) is 0 Å². The highest BCUT2D eigenvalue weighted by Gasteiger charge is 2.48. The van der Waals surface area contributed by atoms with Crippen molar-refractivity contribution in [2.75, 3.05) is 27.2 Å². The first-order valence-corrected chi connectivity index (χ1v) is 5.29. The van der Waals surface area contributed by atoms with Crippen molar-refractivity contribution in [2.45, 2.75) is 13.3 Å². The number of hydrogen-bond acceptors (Lipinski definition) is 2. The fourth-order valence-corrected chi connectivity index (χ4v) is 1.89. The Morgan fingerprint density at radius 2 is 2.36 bits per heavy atom. The summed E-state index contributed by atoms with van der Waals surface area (Å²) in [6.07, 6.45) is 7.98. The number of likely N-dealkylation sites (N-methyl/N-ethyl adjacent to an activating group) is 1. The van der Waals surface area contributed by atoms with Gasteiger partial charge in [0.25, 0.3) is 0 Å². The zero-order valence-corrected chi connectivity index (χ0v) is 9.29. The number of fused-ring (bicyclic) bond motifs is 1. The lowest BCUT2D eigenvalue weighted by molar-refractivity contribution is 0.189. The molecule has 1 fully saturated rings. The van der Waals surface area contributed by atoms with E-state index in [1.165, 1.54) is 6.42 Å². The molecule has 0 radical (unpaired) electrons. The summed E-state index contributed by atoms with van der Waals surface area (Å²) in [5, 5.41) is 0. The van der Waals surface area contributed by atoms with Gasteiger partial charge in [-0.2, -0.15) is 0 Å².